The molecule has 4 aromatic rings. The van der Waals surface area contributed by atoms with Gasteiger partial charge in [-0.05, 0) is 37.1 Å². The van der Waals surface area contributed by atoms with Crippen molar-refractivity contribution < 1.29 is 8.42 Å². The molecule has 0 bridgehead atoms. The Bertz CT molecular complexity index is 1410. The van der Waals surface area contributed by atoms with E-state index in [1.54, 1.807) is 30.3 Å². The van der Waals surface area contributed by atoms with Gasteiger partial charge in [0.05, 0.1) is 22.0 Å². The number of aryl methyl sites for hydroxylation is 2. The van der Waals surface area contributed by atoms with E-state index in [0.29, 0.717) is 5.69 Å². The zero-order valence-corrected chi connectivity index (χ0v) is 20.0. The maximum Gasteiger partial charge on any atom is 0.266 e. The van der Waals surface area contributed by atoms with Crippen LogP contribution >= 0.6 is 11.3 Å². The van der Waals surface area contributed by atoms with Gasteiger partial charge in [0.1, 0.15) is 10.7 Å². The molecule has 0 amide bonds. The highest BCUT2D eigenvalue weighted by molar-refractivity contribution is 7.89. The van der Waals surface area contributed by atoms with Crippen LogP contribution in [0.5, 0.6) is 0 Å². The third kappa shape index (κ3) is 5.27. The van der Waals surface area contributed by atoms with Crippen molar-refractivity contribution in [3.05, 3.63) is 88.3 Å². The molecule has 0 unspecified atom stereocenters. The van der Waals surface area contributed by atoms with E-state index in [4.69, 9.17) is 0 Å². The number of hydrogen-bond donors (Lipinski definition) is 1. The van der Waals surface area contributed by atoms with E-state index in [-0.39, 0.29) is 23.5 Å². The van der Waals surface area contributed by atoms with Gasteiger partial charge in [0.25, 0.3) is 5.56 Å². The van der Waals surface area contributed by atoms with Gasteiger partial charge in [0, 0.05) is 18.2 Å². The molecule has 7 nitrogen and oxygen atoms in total. The number of sulfonamides is 1. The Labute approximate surface area is 196 Å². The van der Waals surface area contributed by atoms with Gasteiger partial charge in [-0.3, -0.25) is 4.79 Å². The Morgan fingerprint density at radius 3 is 2.42 bits per heavy atom. The molecule has 0 saturated heterocycles. The highest BCUT2D eigenvalue weighted by Gasteiger charge is 2.15. The summed E-state index contributed by atoms with van der Waals surface area (Å²) in [6.45, 7) is 4.08. The topological polar surface area (TPSA) is 93.9 Å². The van der Waals surface area contributed by atoms with Crippen molar-refractivity contribution in [1.82, 2.24) is 19.5 Å². The third-order valence-electron chi connectivity index (χ3n) is 5.17. The first-order chi connectivity index (χ1) is 15.9. The molecule has 170 valence electrons. The molecule has 0 atom stereocenters. The van der Waals surface area contributed by atoms with Crippen molar-refractivity contribution in [2.75, 3.05) is 6.54 Å². The normalized spacial score (nSPS) is 11.6. The summed E-state index contributed by atoms with van der Waals surface area (Å²) < 4.78 is 28.9. The molecule has 9 heteroatoms. The molecule has 2 heterocycles. The van der Waals surface area contributed by atoms with Crippen molar-refractivity contribution in [2.45, 2.75) is 31.7 Å². The van der Waals surface area contributed by atoms with E-state index < -0.39 is 10.0 Å². The van der Waals surface area contributed by atoms with E-state index in [2.05, 4.69) is 14.8 Å². The Morgan fingerprint density at radius 2 is 1.73 bits per heavy atom. The van der Waals surface area contributed by atoms with Crippen LogP contribution in [0.15, 0.2) is 76.4 Å². The zero-order chi connectivity index (χ0) is 23.4. The maximum atomic E-state index is 12.6. The van der Waals surface area contributed by atoms with E-state index in [0.717, 1.165) is 33.1 Å². The number of nitrogens with zero attached hydrogens (tertiary/aromatic N) is 3. The van der Waals surface area contributed by atoms with E-state index in [1.807, 2.05) is 44.2 Å². The Kier molecular flexibility index (Phi) is 6.83. The average molecular weight is 481 g/mol. The standard InChI is InChI=1S/C24H24N4O3S2/c1-3-18-9-11-20(12-10-18)33(30,31)25-15-16-28-22(29)14-13-21(27-28)23-17(2)26-24(32-23)19-7-5-4-6-8-19/h4-14,25H,3,15-16H2,1-2H3. The minimum Gasteiger partial charge on any atom is -0.268 e. The minimum atomic E-state index is -3.67. The van der Waals surface area contributed by atoms with Gasteiger partial charge >= 0.3 is 0 Å². The van der Waals surface area contributed by atoms with Crippen molar-refractivity contribution in [2.24, 2.45) is 0 Å². The number of benzene rings is 2. The Morgan fingerprint density at radius 1 is 1.00 bits per heavy atom. The molecule has 0 aliphatic heterocycles. The first-order valence-electron chi connectivity index (χ1n) is 10.6. The average Bonchev–Trinajstić information content (AvgIpc) is 3.22. The summed E-state index contributed by atoms with van der Waals surface area (Å²) in [7, 11) is -3.67. The fourth-order valence-corrected chi connectivity index (χ4v) is 5.40. The second-order valence-corrected chi connectivity index (χ2v) is 10.2. The van der Waals surface area contributed by atoms with Crippen LogP contribution < -0.4 is 10.3 Å². The van der Waals surface area contributed by atoms with Gasteiger partial charge in [-0.25, -0.2) is 22.8 Å². The number of thiazole rings is 1. The van der Waals surface area contributed by atoms with Crippen LogP contribution in [-0.4, -0.2) is 29.7 Å². The van der Waals surface area contributed by atoms with Crippen molar-refractivity contribution in [3.63, 3.8) is 0 Å². The highest BCUT2D eigenvalue weighted by Crippen LogP contribution is 2.33. The smallest absolute Gasteiger partial charge is 0.266 e. The molecule has 0 aliphatic carbocycles. The lowest BCUT2D eigenvalue weighted by Crippen LogP contribution is -2.32. The van der Waals surface area contributed by atoms with E-state index in [9.17, 15) is 13.2 Å². The fourth-order valence-electron chi connectivity index (χ4n) is 3.34. The molecule has 1 N–H and O–H groups in total. The molecule has 2 aromatic heterocycles. The van der Waals surface area contributed by atoms with Gasteiger partial charge in [-0.15, -0.1) is 11.3 Å². The molecular formula is C24H24N4O3S2. The van der Waals surface area contributed by atoms with Crippen LogP contribution in [0.1, 0.15) is 18.2 Å². The lowest BCUT2D eigenvalue weighted by molar-refractivity contribution is 0.549. The van der Waals surface area contributed by atoms with Gasteiger partial charge in [-0.2, -0.15) is 5.10 Å². The maximum absolute atomic E-state index is 12.6. The summed E-state index contributed by atoms with van der Waals surface area (Å²) in [6, 6.07) is 19.8. The van der Waals surface area contributed by atoms with E-state index in [1.165, 1.54) is 22.1 Å². The van der Waals surface area contributed by atoms with E-state index >= 15 is 0 Å². The zero-order valence-electron chi connectivity index (χ0n) is 18.4. The molecule has 0 fully saturated rings. The number of rotatable bonds is 8. The lowest BCUT2D eigenvalue weighted by Gasteiger charge is -2.09. The van der Waals surface area contributed by atoms with Crippen LogP contribution in [0.2, 0.25) is 0 Å². The monoisotopic (exact) mass is 480 g/mol. The second-order valence-electron chi connectivity index (χ2n) is 7.47. The number of aromatic nitrogens is 3. The quantitative estimate of drug-likeness (QED) is 0.413. The minimum absolute atomic E-state index is 0.0468. The van der Waals surface area contributed by atoms with Crippen molar-refractivity contribution >= 4 is 21.4 Å². The summed E-state index contributed by atoms with van der Waals surface area (Å²) in [5.74, 6) is 0. The van der Waals surface area contributed by atoms with Gasteiger partial charge in [0.2, 0.25) is 10.0 Å². The number of hydrogen-bond acceptors (Lipinski definition) is 6. The molecule has 0 spiro atoms. The summed E-state index contributed by atoms with van der Waals surface area (Å²) in [4.78, 5) is 18.0. The first kappa shape index (κ1) is 23.0. The first-order valence-corrected chi connectivity index (χ1v) is 12.9. The largest absolute Gasteiger partial charge is 0.268 e. The summed E-state index contributed by atoms with van der Waals surface area (Å²) in [5, 5.41) is 5.34. The predicted octanol–water partition coefficient (Wildman–Crippen LogP) is 3.88. The van der Waals surface area contributed by atoms with Gasteiger partial charge in [0.15, 0.2) is 0 Å². The predicted molar refractivity (Wildman–Crippen MR) is 131 cm³/mol. The molecule has 0 saturated carbocycles. The van der Waals surface area contributed by atoms with Crippen LogP contribution in [0.4, 0.5) is 0 Å². The molecular weight excluding hydrogens is 456 g/mol. The lowest BCUT2D eigenvalue weighted by atomic mass is 10.2. The molecule has 0 radical (unpaired) electrons. The number of nitrogens with one attached hydrogen (secondary N) is 1. The molecule has 33 heavy (non-hydrogen) atoms. The Balaban J connectivity index is 1.50. The third-order valence-corrected chi connectivity index (χ3v) is 7.88. The molecule has 2 aromatic carbocycles. The van der Waals surface area contributed by atoms with Crippen LogP contribution in [0.3, 0.4) is 0 Å². The molecule has 4 rings (SSSR count). The van der Waals surface area contributed by atoms with Crippen LogP contribution in [0, 0.1) is 6.92 Å². The van der Waals surface area contributed by atoms with Crippen LogP contribution in [0.25, 0.3) is 21.1 Å². The summed E-state index contributed by atoms with van der Waals surface area (Å²) in [5.41, 5.74) is 3.25. The Hall–Kier alpha value is -3.14. The fraction of sp³-hybridized carbons (Fsp3) is 0.208. The van der Waals surface area contributed by atoms with Crippen molar-refractivity contribution in [1.29, 1.82) is 0 Å². The summed E-state index contributed by atoms with van der Waals surface area (Å²) >= 11 is 1.51. The van der Waals surface area contributed by atoms with Gasteiger partial charge in [-0.1, -0.05) is 49.4 Å². The van der Waals surface area contributed by atoms with Gasteiger partial charge < -0.3 is 0 Å². The SMILES string of the molecule is CCc1ccc(S(=O)(=O)NCCn2nc(-c3sc(-c4ccccc4)nc3C)ccc2=O)cc1. The highest BCUT2D eigenvalue weighted by atomic mass is 32.2. The second kappa shape index (κ2) is 9.78. The van der Waals surface area contributed by atoms with Crippen molar-refractivity contribution in [3.8, 4) is 21.1 Å². The molecule has 0 aliphatic rings. The summed E-state index contributed by atoms with van der Waals surface area (Å²) in [6.07, 6.45) is 0.838. The van der Waals surface area contributed by atoms with Crippen LogP contribution in [-0.2, 0) is 23.0 Å².